The van der Waals surface area contributed by atoms with Crippen LogP contribution in [-0.2, 0) is 24.3 Å². The van der Waals surface area contributed by atoms with Gasteiger partial charge in [0, 0.05) is 31.5 Å². The molecule has 9 nitrogen and oxygen atoms in total. The molecule has 0 aromatic heterocycles. The molecule has 4 rings (SSSR count). The normalized spacial score (nSPS) is 16.9. The number of esters is 1. The van der Waals surface area contributed by atoms with Gasteiger partial charge in [-0.1, -0.05) is 6.07 Å². The van der Waals surface area contributed by atoms with Crippen molar-refractivity contribution in [2.45, 2.75) is 30.6 Å². The van der Waals surface area contributed by atoms with Crippen LogP contribution in [0.15, 0.2) is 53.4 Å². The van der Waals surface area contributed by atoms with Crippen molar-refractivity contribution in [2.75, 3.05) is 24.6 Å². The van der Waals surface area contributed by atoms with Gasteiger partial charge in [0.25, 0.3) is 0 Å². The van der Waals surface area contributed by atoms with Gasteiger partial charge in [-0.3, -0.25) is 19.3 Å². The van der Waals surface area contributed by atoms with E-state index in [1.165, 1.54) is 46.8 Å². The molecule has 2 aromatic rings. The molecule has 2 saturated heterocycles. The highest BCUT2D eigenvalue weighted by Gasteiger charge is 2.31. The summed E-state index contributed by atoms with van der Waals surface area (Å²) in [5.74, 6) is -1.95. The number of ketones is 1. The standard InChI is InChI=1S/C23H22N2O7S/c26-20(16-6-8-19(9-7-16)33(30,31)24-12-1-2-13-24)15-32-23(29)17-4-3-5-18(14-17)25-21(27)10-11-22(25)28/h3-9,14H,1-2,10-13,15H2. The molecule has 172 valence electrons. The third-order valence-electron chi connectivity index (χ3n) is 5.61. The minimum Gasteiger partial charge on any atom is -0.454 e. The van der Waals surface area contributed by atoms with Crippen LogP contribution in [0.1, 0.15) is 46.4 Å². The summed E-state index contributed by atoms with van der Waals surface area (Å²) in [4.78, 5) is 49.8. The summed E-state index contributed by atoms with van der Waals surface area (Å²) in [6, 6.07) is 11.4. The van der Waals surface area contributed by atoms with Gasteiger partial charge in [0.1, 0.15) is 0 Å². The molecule has 0 bridgehead atoms. The van der Waals surface area contributed by atoms with Gasteiger partial charge in [-0.25, -0.2) is 13.2 Å². The molecule has 0 N–H and O–H groups in total. The number of nitrogens with zero attached hydrogens (tertiary/aromatic N) is 2. The van der Waals surface area contributed by atoms with Crippen LogP contribution in [0, 0.1) is 0 Å². The van der Waals surface area contributed by atoms with Gasteiger partial charge in [-0.2, -0.15) is 4.31 Å². The highest BCUT2D eigenvalue weighted by atomic mass is 32.2. The number of imide groups is 1. The molecule has 0 aliphatic carbocycles. The van der Waals surface area contributed by atoms with E-state index >= 15 is 0 Å². The molecule has 2 aliphatic heterocycles. The molecule has 2 fully saturated rings. The van der Waals surface area contributed by atoms with E-state index < -0.39 is 28.4 Å². The van der Waals surface area contributed by atoms with E-state index in [1.54, 1.807) is 6.07 Å². The Balaban J connectivity index is 1.39. The SMILES string of the molecule is O=C(COC(=O)c1cccc(N2C(=O)CCC2=O)c1)c1ccc(S(=O)(=O)N2CCCC2)cc1. The van der Waals surface area contributed by atoms with Crippen molar-refractivity contribution in [1.82, 2.24) is 4.31 Å². The lowest BCUT2D eigenvalue weighted by molar-refractivity contribution is -0.121. The summed E-state index contributed by atoms with van der Waals surface area (Å²) in [6.07, 6.45) is 1.91. The summed E-state index contributed by atoms with van der Waals surface area (Å²) in [7, 11) is -3.58. The molecule has 2 heterocycles. The molecular formula is C23H22N2O7S. The maximum Gasteiger partial charge on any atom is 0.338 e. The Hall–Kier alpha value is -3.37. The first kappa shape index (κ1) is 22.8. The largest absolute Gasteiger partial charge is 0.454 e. The maximum atomic E-state index is 12.6. The van der Waals surface area contributed by atoms with Crippen molar-refractivity contribution in [3.8, 4) is 0 Å². The number of hydrogen-bond acceptors (Lipinski definition) is 7. The van der Waals surface area contributed by atoms with Gasteiger partial charge in [0.15, 0.2) is 12.4 Å². The van der Waals surface area contributed by atoms with E-state index in [4.69, 9.17) is 4.74 Å². The summed E-state index contributed by atoms with van der Waals surface area (Å²) in [5.41, 5.74) is 0.586. The fourth-order valence-corrected chi connectivity index (χ4v) is 5.34. The molecule has 2 aromatic carbocycles. The summed E-state index contributed by atoms with van der Waals surface area (Å²) >= 11 is 0. The van der Waals surface area contributed by atoms with Crippen LogP contribution in [0.4, 0.5) is 5.69 Å². The summed E-state index contributed by atoms with van der Waals surface area (Å²) < 4.78 is 31.7. The second-order valence-electron chi connectivity index (χ2n) is 7.81. The number of carbonyl (C=O) groups is 4. The van der Waals surface area contributed by atoms with Crippen LogP contribution < -0.4 is 4.90 Å². The van der Waals surface area contributed by atoms with Crippen molar-refractivity contribution < 1.29 is 32.3 Å². The Morgan fingerprint density at radius 3 is 2.15 bits per heavy atom. The summed E-state index contributed by atoms with van der Waals surface area (Å²) in [6.45, 7) is 0.434. The highest BCUT2D eigenvalue weighted by molar-refractivity contribution is 7.89. The van der Waals surface area contributed by atoms with Crippen molar-refractivity contribution in [3.63, 3.8) is 0 Å². The fourth-order valence-electron chi connectivity index (χ4n) is 3.82. The van der Waals surface area contributed by atoms with E-state index in [-0.39, 0.29) is 46.4 Å². The number of amides is 2. The van der Waals surface area contributed by atoms with Crippen LogP contribution in [0.5, 0.6) is 0 Å². The van der Waals surface area contributed by atoms with Gasteiger partial charge < -0.3 is 4.74 Å². The maximum absolute atomic E-state index is 12.6. The average Bonchev–Trinajstić information content (AvgIpc) is 3.48. The molecule has 0 spiro atoms. The van der Waals surface area contributed by atoms with E-state index in [0.717, 1.165) is 17.7 Å². The van der Waals surface area contributed by atoms with Crippen LogP contribution in [0.25, 0.3) is 0 Å². The number of hydrogen-bond donors (Lipinski definition) is 0. The zero-order valence-electron chi connectivity index (χ0n) is 17.7. The first-order chi connectivity index (χ1) is 15.8. The minimum absolute atomic E-state index is 0.0971. The zero-order chi connectivity index (χ0) is 23.6. The fraction of sp³-hybridized carbons (Fsp3) is 0.304. The zero-order valence-corrected chi connectivity index (χ0v) is 18.5. The lowest BCUT2D eigenvalue weighted by atomic mass is 10.1. The number of benzene rings is 2. The molecule has 33 heavy (non-hydrogen) atoms. The first-order valence-electron chi connectivity index (χ1n) is 10.5. The highest BCUT2D eigenvalue weighted by Crippen LogP contribution is 2.24. The van der Waals surface area contributed by atoms with Crippen molar-refractivity contribution in [3.05, 3.63) is 59.7 Å². The molecule has 10 heteroatoms. The molecular weight excluding hydrogens is 448 g/mol. The van der Waals surface area contributed by atoms with Crippen LogP contribution in [-0.4, -0.2) is 56.0 Å². The number of sulfonamides is 1. The minimum atomic E-state index is -3.58. The number of rotatable bonds is 7. The number of carbonyl (C=O) groups excluding carboxylic acids is 4. The van der Waals surface area contributed by atoms with E-state index in [1.807, 2.05) is 0 Å². The Morgan fingerprint density at radius 1 is 0.879 bits per heavy atom. The predicted molar refractivity (Wildman–Crippen MR) is 117 cm³/mol. The Bertz CT molecular complexity index is 1200. The Kier molecular flexibility index (Phi) is 6.39. The van der Waals surface area contributed by atoms with Crippen molar-refractivity contribution in [2.24, 2.45) is 0 Å². The Morgan fingerprint density at radius 2 is 1.52 bits per heavy atom. The third-order valence-corrected chi connectivity index (χ3v) is 7.52. The van der Waals surface area contributed by atoms with Gasteiger partial charge >= 0.3 is 5.97 Å². The molecule has 2 aliphatic rings. The quantitative estimate of drug-likeness (QED) is 0.346. The average molecular weight is 471 g/mol. The van der Waals surface area contributed by atoms with Crippen LogP contribution in [0.2, 0.25) is 0 Å². The van der Waals surface area contributed by atoms with E-state index in [0.29, 0.717) is 13.1 Å². The lowest BCUT2D eigenvalue weighted by Gasteiger charge is -2.15. The van der Waals surface area contributed by atoms with Gasteiger partial charge in [0.05, 0.1) is 16.1 Å². The second-order valence-corrected chi connectivity index (χ2v) is 9.75. The van der Waals surface area contributed by atoms with Gasteiger partial charge in [-0.15, -0.1) is 0 Å². The molecule has 0 saturated carbocycles. The smallest absolute Gasteiger partial charge is 0.338 e. The van der Waals surface area contributed by atoms with Crippen LogP contribution >= 0.6 is 0 Å². The molecule has 0 unspecified atom stereocenters. The second kappa shape index (κ2) is 9.24. The van der Waals surface area contributed by atoms with Gasteiger partial charge in [-0.05, 0) is 55.3 Å². The Labute approximate surface area is 191 Å². The summed E-state index contributed by atoms with van der Waals surface area (Å²) in [5, 5.41) is 0. The topological polar surface area (TPSA) is 118 Å². The molecule has 0 radical (unpaired) electrons. The van der Waals surface area contributed by atoms with Crippen molar-refractivity contribution >= 4 is 39.3 Å². The van der Waals surface area contributed by atoms with Crippen molar-refractivity contribution in [1.29, 1.82) is 0 Å². The van der Waals surface area contributed by atoms with Gasteiger partial charge in [0.2, 0.25) is 21.8 Å². The molecule has 0 atom stereocenters. The third kappa shape index (κ3) is 4.71. The number of ether oxygens (including phenoxy) is 1. The number of Topliss-reactive ketones (excluding diaryl/α,β-unsaturated/α-hetero) is 1. The van der Waals surface area contributed by atoms with E-state index in [2.05, 4.69) is 0 Å². The monoisotopic (exact) mass is 470 g/mol. The van der Waals surface area contributed by atoms with E-state index in [9.17, 15) is 27.6 Å². The molecule has 2 amide bonds. The lowest BCUT2D eigenvalue weighted by Crippen LogP contribution is -2.28. The predicted octanol–water partition coefficient (Wildman–Crippen LogP) is 2.16. The van der Waals surface area contributed by atoms with Crippen LogP contribution in [0.3, 0.4) is 0 Å². The number of anilines is 1. The first-order valence-corrected chi connectivity index (χ1v) is 12.0.